The number of hydrogen-bond acceptors (Lipinski definition) is 4. The van der Waals surface area contributed by atoms with Gasteiger partial charge in [-0.25, -0.2) is 0 Å². The Morgan fingerprint density at radius 1 is 1.22 bits per heavy atom. The van der Waals surface area contributed by atoms with Crippen molar-refractivity contribution in [2.75, 3.05) is 0 Å². The zero-order valence-electron chi connectivity index (χ0n) is 13.1. The van der Waals surface area contributed by atoms with Crippen LogP contribution in [0.4, 0.5) is 0 Å². The van der Waals surface area contributed by atoms with Crippen molar-refractivity contribution in [3.05, 3.63) is 42.1 Å². The molecule has 23 heavy (non-hydrogen) atoms. The lowest BCUT2D eigenvalue weighted by molar-refractivity contribution is -0.146. The first kappa shape index (κ1) is 14.5. The minimum Gasteiger partial charge on any atom is -0.459 e. The van der Waals surface area contributed by atoms with Gasteiger partial charge in [-0.3, -0.25) is 4.79 Å². The maximum Gasteiger partial charge on any atom is 0.306 e. The third-order valence-corrected chi connectivity index (χ3v) is 5.31. The van der Waals surface area contributed by atoms with Gasteiger partial charge in [0.25, 0.3) is 0 Å². The number of carbonyl (C=O) groups is 1. The van der Waals surface area contributed by atoms with Crippen LogP contribution >= 0.6 is 0 Å². The summed E-state index contributed by atoms with van der Waals surface area (Å²) in [5.74, 6) is 2.75. The monoisotopic (exact) mass is 311 g/mol. The second-order valence-corrected chi connectivity index (χ2v) is 6.85. The Hall–Kier alpha value is -2.10. The van der Waals surface area contributed by atoms with Crippen LogP contribution in [0.15, 0.2) is 40.9 Å². The van der Waals surface area contributed by atoms with Crippen molar-refractivity contribution >= 4 is 5.97 Å². The number of nitrogens with zero attached hydrogens (tertiary/aromatic N) is 1. The van der Waals surface area contributed by atoms with Gasteiger partial charge >= 0.3 is 5.97 Å². The van der Waals surface area contributed by atoms with Crippen LogP contribution < -0.4 is 0 Å². The zero-order valence-corrected chi connectivity index (χ0v) is 13.1. The predicted molar refractivity (Wildman–Crippen MR) is 85.3 cm³/mol. The number of rotatable bonds is 5. The number of aromatic nitrogens is 1. The number of ether oxygens (including phenoxy) is 1. The maximum atomic E-state index is 12.0. The smallest absolute Gasteiger partial charge is 0.306 e. The van der Waals surface area contributed by atoms with Gasteiger partial charge < -0.3 is 9.26 Å². The summed E-state index contributed by atoms with van der Waals surface area (Å²) in [7, 11) is 0. The predicted octanol–water partition coefficient (Wildman–Crippen LogP) is 4.21. The van der Waals surface area contributed by atoms with Crippen molar-refractivity contribution in [2.45, 2.75) is 38.7 Å². The molecular weight excluding hydrogens is 290 g/mol. The molecule has 3 atom stereocenters. The van der Waals surface area contributed by atoms with Crippen LogP contribution in [0, 0.1) is 17.8 Å². The molecule has 0 amide bonds. The molecule has 4 heteroatoms. The summed E-state index contributed by atoms with van der Waals surface area (Å²) in [6.07, 6.45) is 5.75. The molecule has 2 bridgehead atoms. The Bertz CT molecular complexity index is 679. The van der Waals surface area contributed by atoms with E-state index in [0.717, 1.165) is 17.4 Å². The van der Waals surface area contributed by atoms with Crippen molar-refractivity contribution in [1.82, 2.24) is 5.16 Å². The standard InChI is InChI=1S/C19H21NO3/c21-19(10-16-9-13-6-7-15(16)8-13)22-12-17-11-18(23-20-17)14-4-2-1-3-5-14/h1-5,11,13,15-16H,6-10,12H2/t13-,15-,16-/m1/s1. The van der Waals surface area contributed by atoms with E-state index >= 15 is 0 Å². The number of hydrogen-bond donors (Lipinski definition) is 0. The second-order valence-electron chi connectivity index (χ2n) is 6.85. The lowest BCUT2D eigenvalue weighted by atomic mass is 9.86. The molecule has 1 aromatic heterocycles. The molecule has 4 nitrogen and oxygen atoms in total. The van der Waals surface area contributed by atoms with Gasteiger partial charge in [-0.1, -0.05) is 41.9 Å². The highest BCUT2D eigenvalue weighted by atomic mass is 16.5. The Balaban J connectivity index is 1.29. The fraction of sp³-hybridized carbons (Fsp3) is 0.474. The van der Waals surface area contributed by atoms with E-state index in [-0.39, 0.29) is 12.6 Å². The summed E-state index contributed by atoms with van der Waals surface area (Å²) in [6.45, 7) is 0.190. The Morgan fingerprint density at radius 3 is 2.83 bits per heavy atom. The van der Waals surface area contributed by atoms with Crippen molar-refractivity contribution in [3.63, 3.8) is 0 Å². The first-order chi connectivity index (χ1) is 11.3. The number of carbonyl (C=O) groups excluding carboxylic acids is 1. The SMILES string of the molecule is O=C(C[C@H]1C[C@@H]2CC[C@@H]1C2)OCc1cc(-c2ccccc2)on1. The first-order valence-electron chi connectivity index (χ1n) is 8.44. The minimum atomic E-state index is -0.105. The average Bonchev–Trinajstić information content (AvgIpc) is 3.30. The van der Waals surface area contributed by atoms with Crippen LogP contribution in [-0.4, -0.2) is 11.1 Å². The molecule has 0 radical (unpaired) electrons. The van der Waals surface area contributed by atoms with Crippen LogP contribution in [0.5, 0.6) is 0 Å². The van der Waals surface area contributed by atoms with Gasteiger partial charge in [-0.05, 0) is 37.0 Å². The van der Waals surface area contributed by atoms with E-state index in [1.165, 1.54) is 25.7 Å². The van der Waals surface area contributed by atoms with Crippen LogP contribution in [-0.2, 0) is 16.1 Å². The van der Waals surface area contributed by atoms with Gasteiger partial charge in [-0.2, -0.15) is 0 Å². The summed E-state index contributed by atoms with van der Waals surface area (Å²) in [6, 6.07) is 11.6. The van der Waals surface area contributed by atoms with Crippen LogP contribution in [0.1, 0.15) is 37.8 Å². The molecule has 120 valence electrons. The van der Waals surface area contributed by atoms with E-state index in [1.807, 2.05) is 36.4 Å². The summed E-state index contributed by atoms with van der Waals surface area (Å²) >= 11 is 0. The van der Waals surface area contributed by atoms with Gasteiger partial charge in [0.1, 0.15) is 12.3 Å². The Kier molecular flexibility index (Phi) is 3.90. The molecule has 2 aliphatic rings. The van der Waals surface area contributed by atoms with Crippen LogP contribution in [0.3, 0.4) is 0 Å². The van der Waals surface area contributed by atoms with Crippen molar-refractivity contribution in [3.8, 4) is 11.3 Å². The molecule has 4 rings (SSSR count). The summed E-state index contributed by atoms with van der Waals surface area (Å²) in [5, 5.41) is 3.98. The highest BCUT2D eigenvalue weighted by Gasteiger charge is 2.40. The third-order valence-electron chi connectivity index (χ3n) is 5.31. The van der Waals surface area contributed by atoms with Crippen LogP contribution in [0.2, 0.25) is 0 Å². The Morgan fingerprint density at radius 2 is 2.09 bits per heavy atom. The van der Waals surface area contributed by atoms with E-state index in [4.69, 9.17) is 9.26 Å². The molecule has 0 saturated heterocycles. The van der Waals surface area contributed by atoms with E-state index < -0.39 is 0 Å². The number of esters is 1. The number of fused-ring (bicyclic) bond motifs is 2. The largest absolute Gasteiger partial charge is 0.459 e. The lowest BCUT2D eigenvalue weighted by Crippen LogP contribution is -2.16. The highest BCUT2D eigenvalue weighted by Crippen LogP contribution is 2.49. The molecule has 0 unspecified atom stereocenters. The highest BCUT2D eigenvalue weighted by molar-refractivity contribution is 5.69. The van der Waals surface area contributed by atoms with Gasteiger partial charge in [0, 0.05) is 18.1 Å². The Labute approximate surface area is 135 Å². The average molecular weight is 311 g/mol. The van der Waals surface area contributed by atoms with E-state index in [1.54, 1.807) is 0 Å². The summed E-state index contributed by atoms with van der Waals surface area (Å²) in [4.78, 5) is 12.0. The fourth-order valence-electron chi connectivity index (χ4n) is 4.17. The van der Waals surface area contributed by atoms with Gasteiger partial charge in [-0.15, -0.1) is 0 Å². The van der Waals surface area contributed by atoms with Gasteiger partial charge in [0.05, 0.1) is 0 Å². The summed E-state index contributed by atoms with van der Waals surface area (Å²) < 4.78 is 10.7. The quantitative estimate of drug-likeness (QED) is 0.776. The first-order valence-corrected chi connectivity index (χ1v) is 8.44. The minimum absolute atomic E-state index is 0.105. The number of benzene rings is 1. The van der Waals surface area contributed by atoms with Crippen LogP contribution in [0.25, 0.3) is 11.3 Å². The molecule has 1 heterocycles. The normalized spacial score (nSPS) is 25.7. The van der Waals surface area contributed by atoms with Crippen molar-refractivity contribution < 1.29 is 14.1 Å². The van der Waals surface area contributed by atoms with Crippen molar-refractivity contribution in [1.29, 1.82) is 0 Å². The molecule has 2 fully saturated rings. The molecule has 1 aromatic carbocycles. The van der Waals surface area contributed by atoms with Crippen molar-refractivity contribution in [2.24, 2.45) is 17.8 Å². The van der Waals surface area contributed by atoms with Gasteiger partial charge in [0.15, 0.2) is 5.76 Å². The molecule has 2 aliphatic carbocycles. The zero-order chi connectivity index (χ0) is 15.6. The second kappa shape index (κ2) is 6.19. The van der Waals surface area contributed by atoms with E-state index in [0.29, 0.717) is 23.8 Å². The molecule has 0 spiro atoms. The fourth-order valence-corrected chi connectivity index (χ4v) is 4.17. The lowest BCUT2D eigenvalue weighted by Gasteiger charge is -2.20. The summed E-state index contributed by atoms with van der Waals surface area (Å²) in [5.41, 5.74) is 1.63. The van der Waals surface area contributed by atoms with Gasteiger partial charge in [0.2, 0.25) is 0 Å². The third kappa shape index (κ3) is 3.16. The van der Waals surface area contributed by atoms with E-state index in [2.05, 4.69) is 5.16 Å². The molecular formula is C19H21NO3. The van der Waals surface area contributed by atoms with E-state index in [9.17, 15) is 4.79 Å². The topological polar surface area (TPSA) is 52.3 Å². The molecule has 0 N–H and O–H groups in total. The molecule has 0 aliphatic heterocycles. The maximum absolute atomic E-state index is 12.0. The molecule has 2 saturated carbocycles. The molecule has 2 aromatic rings.